The smallest absolute Gasteiger partial charge is 0.305 e. The van der Waals surface area contributed by atoms with E-state index in [1.807, 2.05) is 0 Å². The number of nitrogens with two attached hydrogens (primary N) is 1. The van der Waals surface area contributed by atoms with Gasteiger partial charge in [0.15, 0.2) is 0 Å². The number of carbonyl (C=O) groups excluding carboxylic acids is 1. The minimum Gasteiger partial charge on any atom is -0.481 e. The molecule has 0 saturated heterocycles. The van der Waals surface area contributed by atoms with Crippen molar-refractivity contribution in [1.29, 1.82) is 0 Å². The Kier molecular flexibility index (Phi) is 4.89. The minimum atomic E-state index is -1.10. The quantitative estimate of drug-likeness (QED) is 0.558. The molecule has 6 heteroatoms. The lowest BCUT2D eigenvalue weighted by Gasteiger charge is -2.57. The number of nitrogens with one attached hydrogen (secondary N) is 1. The van der Waals surface area contributed by atoms with Gasteiger partial charge in [0.2, 0.25) is 5.91 Å². The molecule has 0 radical (unpaired) electrons. The third-order valence-electron chi connectivity index (χ3n) is 6.49. The summed E-state index contributed by atoms with van der Waals surface area (Å²) in [5, 5.41) is 22.0. The largest absolute Gasteiger partial charge is 0.481 e. The molecule has 0 aromatic carbocycles. The maximum Gasteiger partial charge on any atom is 0.305 e. The van der Waals surface area contributed by atoms with Crippen molar-refractivity contribution in [3.05, 3.63) is 0 Å². The molecule has 0 aliphatic heterocycles. The molecule has 0 aromatic heterocycles. The molecule has 4 bridgehead atoms. The number of rotatable bonds is 7. The molecule has 2 unspecified atom stereocenters. The van der Waals surface area contributed by atoms with Crippen LogP contribution in [-0.2, 0) is 9.59 Å². The van der Waals surface area contributed by atoms with Crippen LogP contribution >= 0.6 is 0 Å². The summed E-state index contributed by atoms with van der Waals surface area (Å²) >= 11 is 0. The van der Waals surface area contributed by atoms with E-state index in [4.69, 9.17) is 10.8 Å². The molecule has 4 aliphatic carbocycles. The fraction of sp³-hybridized carbons (Fsp3) is 0.889. The van der Waals surface area contributed by atoms with Gasteiger partial charge in [-0.15, -0.1) is 0 Å². The summed E-state index contributed by atoms with van der Waals surface area (Å²) < 4.78 is 0. The first kappa shape index (κ1) is 17.7. The van der Waals surface area contributed by atoms with E-state index in [-0.39, 0.29) is 5.41 Å². The Hall–Kier alpha value is -1.14. The summed E-state index contributed by atoms with van der Waals surface area (Å²) in [5.74, 6) is 0.890. The van der Waals surface area contributed by atoms with Crippen molar-refractivity contribution in [3.8, 4) is 0 Å². The third kappa shape index (κ3) is 3.75. The van der Waals surface area contributed by atoms with Crippen LogP contribution in [0.5, 0.6) is 0 Å². The van der Waals surface area contributed by atoms with Crippen molar-refractivity contribution >= 4 is 11.9 Å². The highest BCUT2D eigenvalue weighted by Gasteiger charge is 2.51. The number of amides is 1. The maximum absolute atomic E-state index is 11.9. The average Bonchev–Trinajstić information content (AvgIpc) is 2.44. The topological polar surface area (TPSA) is 113 Å². The maximum atomic E-state index is 11.9. The highest BCUT2D eigenvalue weighted by Crippen LogP contribution is 2.61. The Bertz CT molecular complexity index is 472. The van der Waals surface area contributed by atoms with Gasteiger partial charge in [0.05, 0.1) is 24.6 Å². The fourth-order valence-electron chi connectivity index (χ4n) is 5.87. The van der Waals surface area contributed by atoms with E-state index in [0.29, 0.717) is 0 Å². The molecule has 1 amide bonds. The van der Waals surface area contributed by atoms with Gasteiger partial charge in [-0.05, 0) is 75.0 Å². The molecule has 0 spiro atoms. The average molecular weight is 338 g/mol. The molecule has 136 valence electrons. The zero-order chi connectivity index (χ0) is 17.5. The first-order chi connectivity index (χ1) is 11.3. The van der Waals surface area contributed by atoms with Crippen LogP contribution in [-0.4, -0.2) is 40.3 Å². The van der Waals surface area contributed by atoms with Crippen LogP contribution in [0.15, 0.2) is 0 Å². The van der Waals surface area contributed by atoms with Gasteiger partial charge in [-0.3, -0.25) is 9.59 Å². The monoisotopic (exact) mass is 338 g/mol. The lowest BCUT2D eigenvalue weighted by atomic mass is 9.48. The fourth-order valence-corrected chi connectivity index (χ4v) is 5.87. The Morgan fingerprint density at radius 3 is 2.12 bits per heavy atom. The summed E-state index contributed by atoms with van der Waals surface area (Å²) in [4.78, 5) is 22.6. The van der Waals surface area contributed by atoms with Gasteiger partial charge in [-0.1, -0.05) is 0 Å². The number of hydrogen-bond acceptors (Lipinski definition) is 4. The third-order valence-corrected chi connectivity index (χ3v) is 6.49. The van der Waals surface area contributed by atoms with Crippen molar-refractivity contribution in [2.45, 2.75) is 76.5 Å². The van der Waals surface area contributed by atoms with E-state index in [9.17, 15) is 14.7 Å². The molecular formula is C18H30N2O4. The number of aliphatic hydroxyl groups is 1. The number of hydrogen-bond donors (Lipinski definition) is 4. The molecule has 4 fully saturated rings. The van der Waals surface area contributed by atoms with Crippen LogP contribution in [0, 0.1) is 23.2 Å². The standard InChI is InChI=1S/C18H30N2O4/c1-10(20-17(24)14(19)5-16(22)23)15(21)9-18-6-11-2-12(7-18)4-13(3-11)8-18/h10-15,21H,2-9,19H2,1H3,(H,20,24)(H,22,23)/t10?,11?,12?,13?,14-,15?,18?/m0/s1. The molecule has 3 atom stereocenters. The molecular weight excluding hydrogens is 308 g/mol. The number of carboxylic acid groups (broad SMARTS) is 1. The summed E-state index contributed by atoms with van der Waals surface area (Å²) in [6.45, 7) is 1.77. The predicted octanol–water partition coefficient (Wildman–Crippen LogP) is 1.26. The number of carbonyl (C=O) groups is 2. The van der Waals surface area contributed by atoms with E-state index in [1.54, 1.807) is 6.92 Å². The van der Waals surface area contributed by atoms with Gasteiger partial charge in [0, 0.05) is 0 Å². The number of carboxylic acids is 1. The second kappa shape index (κ2) is 6.64. The SMILES string of the molecule is CC(NC(=O)[C@@H](N)CC(=O)O)C(O)CC12CC3CC(CC(C3)C1)C2. The summed E-state index contributed by atoms with van der Waals surface area (Å²) in [7, 11) is 0. The Morgan fingerprint density at radius 1 is 1.17 bits per heavy atom. The molecule has 4 saturated carbocycles. The van der Waals surface area contributed by atoms with E-state index in [0.717, 1.165) is 24.2 Å². The summed E-state index contributed by atoms with van der Waals surface area (Å²) in [6, 6.07) is -1.48. The Labute approximate surface area is 143 Å². The van der Waals surface area contributed by atoms with Crippen LogP contribution in [0.1, 0.15) is 58.3 Å². The zero-order valence-corrected chi connectivity index (χ0v) is 14.4. The zero-order valence-electron chi connectivity index (χ0n) is 14.4. The van der Waals surface area contributed by atoms with Crippen molar-refractivity contribution in [2.75, 3.05) is 0 Å². The van der Waals surface area contributed by atoms with Crippen LogP contribution < -0.4 is 11.1 Å². The van der Waals surface area contributed by atoms with Gasteiger partial charge in [-0.2, -0.15) is 0 Å². The molecule has 24 heavy (non-hydrogen) atoms. The van der Waals surface area contributed by atoms with E-state index < -0.39 is 36.5 Å². The second-order valence-electron chi connectivity index (χ2n) is 8.69. The lowest BCUT2D eigenvalue weighted by molar-refractivity contribution is -0.139. The molecule has 0 heterocycles. The molecule has 4 rings (SSSR count). The predicted molar refractivity (Wildman–Crippen MR) is 89.1 cm³/mol. The normalized spacial score (nSPS) is 37.7. The first-order valence-corrected chi connectivity index (χ1v) is 9.22. The Morgan fingerprint density at radius 2 is 1.67 bits per heavy atom. The van der Waals surface area contributed by atoms with Crippen molar-refractivity contribution in [1.82, 2.24) is 5.32 Å². The second-order valence-corrected chi connectivity index (χ2v) is 8.69. The Balaban J connectivity index is 1.54. The number of aliphatic carboxylic acids is 1. The van der Waals surface area contributed by atoms with Gasteiger partial charge in [-0.25, -0.2) is 0 Å². The summed E-state index contributed by atoms with van der Waals surface area (Å²) in [6.07, 6.45) is 7.47. The van der Waals surface area contributed by atoms with Gasteiger partial charge >= 0.3 is 5.97 Å². The molecule has 6 nitrogen and oxygen atoms in total. The van der Waals surface area contributed by atoms with Crippen LogP contribution in [0.25, 0.3) is 0 Å². The van der Waals surface area contributed by atoms with E-state index >= 15 is 0 Å². The number of aliphatic hydroxyl groups excluding tert-OH is 1. The lowest BCUT2D eigenvalue weighted by Crippen LogP contribution is -2.52. The van der Waals surface area contributed by atoms with Gasteiger partial charge < -0.3 is 21.3 Å². The van der Waals surface area contributed by atoms with Gasteiger partial charge in [0.25, 0.3) is 0 Å². The van der Waals surface area contributed by atoms with Gasteiger partial charge in [0.1, 0.15) is 0 Å². The molecule has 4 aliphatic rings. The highest BCUT2D eigenvalue weighted by atomic mass is 16.4. The van der Waals surface area contributed by atoms with Crippen molar-refractivity contribution in [2.24, 2.45) is 28.9 Å². The minimum absolute atomic E-state index is 0.246. The van der Waals surface area contributed by atoms with E-state index in [2.05, 4.69) is 5.32 Å². The van der Waals surface area contributed by atoms with Crippen LogP contribution in [0.2, 0.25) is 0 Å². The highest BCUT2D eigenvalue weighted by molar-refractivity contribution is 5.86. The molecule has 0 aromatic rings. The van der Waals surface area contributed by atoms with Crippen LogP contribution in [0.3, 0.4) is 0 Å². The summed E-state index contributed by atoms with van der Waals surface area (Å²) in [5.41, 5.74) is 5.83. The van der Waals surface area contributed by atoms with Crippen LogP contribution in [0.4, 0.5) is 0 Å². The first-order valence-electron chi connectivity index (χ1n) is 9.22. The van der Waals surface area contributed by atoms with E-state index in [1.165, 1.54) is 38.5 Å². The van der Waals surface area contributed by atoms with Crippen molar-refractivity contribution in [3.63, 3.8) is 0 Å². The molecule has 5 N–H and O–H groups in total. The van der Waals surface area contributed by atoms with Crippen molar-refractivity contribution < 1.29 is 19.8 Å².